The zero-order chi connectivity index (χ0) is 16.8. The first-order valence-electron chi connectivity index (χ1n) is 8.20. The van der Waals surface area contributed by atoms with E-state index in [2.05, 4.69) is 30.9 Å². The molecule has 3 heterocycles. The van der Waals surface area contributed by atoms with Gasteiger partial charge in [-0.2, -0.15) is 0 Å². The van der Waals surface area contributed by atoms with Crippen LogP contribution < -0.4 is 16.0 Å². The Morgan fingerprint density at radius 2 is 2.38 bits per heavy atom. The Morgan fingerprint density at radius 3 is 3.12 bits per heavy atom. The zero-order valence-electron chi connectivity index (χ0n) is 13.7. The summed E-state index contributed by atoms with van der Waals surface area (Å²) in [6, 6.07) is 2.00. The average Bonchev–Trinajstić information content (AvgIpc) is 3.08. The number of carbonyl (C=O) groups is 1. The van der Waals surface area contributed by atoms with Gasteiger partial charge in [-0.05, 0) is 26.3 Å². The number of anilines is 2. The van der Waals surface area contributed by atoms with Crippen molar-refractivity contribution in [1.29, 1.82) is 0 Å². The molecule has 1 fully saturated rings. The molecule has 2 aromatic rings. The van der Waals surface area contributed by atoms with Gasteiger partial charge in [0.2, 0.25) is 5.91 Å². The average molecular weight is 346 g/mol. The Balaban J connectivity index is 1.52. The highest BCUT2D eigenvalue weighted by Crippen LogP contribution is 2.23. The van der Waals surface area contributed by atoms with Crippen LogP contribution in [0.5, 0.6) is 0 Å². The molecule has 24 heavy (non-hydrogen) atoms. The molecule has 3 rings (SSSR count). The van der Waals surface area contributed by atoms with Gasteiger partial charge in [0.25, 0.3) is 0 Å². The summed E-state index contributed by atoms with van der Waals surface area (Å²) >= 11 is 1.41. The van der Waals surface area contributed by atoms with E-state index >= 15 is 0 Å². The monoisotopic (exact) mass is 346 g/mol. The standard InChI is InChI=1S/C16H22N6OS/c1-11-20-13(12-3-2-5-17-10-12)9-14(21-11)18-6-4-15(23)22-16-19-7-8-24-16/h7-9,12,17H,2-6,10H2,1H3,(H,18,20,21)(H,19,22,23)/t12-/m1/s1. The van der Waals surface area contributed by atoms with Gasteiger partial charge in [0.15, 0.2) is 5.13 Å². The first-order valence-corrected chi connectivity index (χ1v) is 9.08. The summed E-state index contributed by atoms with van der Waals surface area (Å²) in [6.45, 7) is 4.47. The number of aryl methyl sites for hydroxylation is 1. The molecule has 0 aromatic carbocycles. The number of carbonyl (C=O) groups excluding carboxylic acids is 1. The van der Waals surface area contributed by atoms with Crippen molar-refractivity contribution in [3.8, 4) is 0 Å². The molecule has 1 aliphatic heterocycles. The lowest BCUT2D eigenvalue weighted by molar-refractivity contribution is -0.115. The molecule has 3 N–H and O–H groups in total. The molecule has 0 unspecified atom stereocenters. The largest absolute Gasteiger partial charge is 0.369 e. The van der Waals surface area contributed by atoms with Gasteiger partial charge in [-0.3, -0.25) is 4.79 Å². The van der Waals surface area contributed by atoms with Crippen molar-refractivity contribution in [3.63, 3.8) is 0 Å². The van der Waals surface area contributed by atoms with Crippen LogP contribution in [0.3, 0.4) is 0 Å². The first-order chi connectivity index (χ1) is 11.7. The minimum absolute atomic E-state index is 0.0556. The molecule has 128 valence electrons. The molecule has 0 radical (unpaired) electrons. The molecule has 7 nitrogen and oxygen atoms in total. The van der Waals surface area contributed by atoms with Crippen LogP contribution in [0, 0.1) is 6.92 Å². The number of aromatic nitrogens is 3. The second-order valence-electron chi connectivity index (χ2n) is 5.83. The highest BCUT2D eigenvalue weighted by molar-refractivity contribution is 7.13. The van der Waals surface area contributed by atoms with Crippen molar-refractivity contribution in [2.24, 2.45) is 0 Å². The third kappa shape index (κ3) is 4.72. The molecule has 0 spiro atoms. The van der Waals surface area contributed by atoms with E-state index in [1.54, 1.807) is 6.20 Å². The van der Waals surface area contributed by atoms with Crippen LogP contribution in [-0.2, 0) is 4.79 Å². The van der Waals surface area contributed by atoms with Crippen molar-refractivity contribution in [1.82, 2.24) is 20.3 Å². The molecule has 0 saturated carbocycles. The highest BCUT2D eigenvalue weighted by Gasteiger charge is 2.17. The normalized spacial score (nSPS) is 17.5. The molecule has 0 aliphatic carbocycles. The second kappa shape index (κ2) is 8.16. The molecule has 1 atom stereocenters. The molecule has 1 saturated heterocycles. The molecular formula is C16H22N6OS. The fourth-order valence-corrected chi connectivity index (χ4v) is 3.31. The summed E-state index contributed by atoms with van der Waals surface area (Å²) in [5.74, 6) is 1.92. The van der Waals surface area contributed by atoms with Gasteiger partial charge in [0.05, 0.1) is 5.69 Å². The third-order valence-corrected chi connectivity index (χ3v) is 4.60. The fraction of sp³-hybridized carbons (Fsp3) is 0.500. The van der Waals surface area contributed by atoms with Crippen molar-refractivity contribution in [2.75, 3.05) is 30.3 Å². The first kappa shape index (κ1) is 16.8. The summed E-state index contributed by atoms with van der Waals surface area (Å²) < 4.78 is 0. The minimum atomic E-state index is -0.0556. The van der Waals surface area contributed by atoms with Crippen LogP contribution >= 0.6 is 11.3 Å². The number of hydrogen-bond donors (Lipinski definition) is 3. The van der Waals surface area contributed by atoms with Crippen LogP contribution in [0.4, 0.5) is 10.9 Å². The van der Waals surface area contributed by atoms with E-state index in [9.17, 15) is 4.79 Å². The number of hydrogen-bond acceptors (Lipinski definition) is 7. The van der Waals surface area contributed by atoms with Gasteiger partial charge in [-0.25, -0.2) is 15.0 Å². The lowest BCUT2D eigenvalue weighted by atomic mass is 9.96. The van der Waals surface area contributed by atoms with Crippen LogP contribution in [0.25, 0.3) is 0 Å². The van der Waals surface area contributed by atoms with Gasteiger partial charge in [-0.1, -0.05) is 0 Å². The minimum Gasteiger partial charge on any atom is -0.369 e. The Hall–Kier alpha value is -2.06. The van der Waals surface area contributed by atoms with E-state index in [0.717, 1.165) is 36.8 Å². The molecule has 1 aliphatic rings. The van der Waals surface area contributed by atoms with Crippen molar-refractivity contribution < 1.29 is 4.79 Å². The van der Waals surface area contributed by atoms with E-state index in [-0.39, 0.29) is 5.91 Å². The Kier molecular flexibility index (Phi) is 5.71. The van der Waals surface area contributed by atoms with Crippen LogP contribution in [0.2, 0.25) is 0 Å². The van der Waals surface area contributed by atoms with Crippen molar-refractivity contribution in [2.45, 2.75) is 32.1 Å². The predicted molar refractivity (Wildman–Crippen MR) is 95.5 cm³/mol. The quantitative estimate of drug-likeness (QED) is 0.742. The van der Waals surface area contributed by atoms with E-state index in [4.69, 9.17) is 0 Å². The van der Waals surface area contributed by atoms with Gasteiger partial charge >= 0.3 is 0 Å². The third-order valence-electron chi connectivity index (χ3n) is 3.91. The summed E-state index contributed by atoms with van der Waals surface area (Å²) in [4.78, 5) is 24.9. The van der Waals surface area contributed by atoms with Crippen LogP contribution in [-0.4, -0.2) is 40.5 Å². The number of thiazole rings is 1. The fourth-order valence-electron chi connectivity index (χ4n) is 2.77. The predicted octanol–water partition coefficient (Wildman–Crippen LogP) is 2.15. The number of piperidine rings is 1. The molecule has 8 heteroatoms. The molecule has 2 aromatic heterocycles. The summed E-state index contributed by atoms with van der Waals surface area (Å²) in [5.41, 5.74) is 1.07. The molecule has 0 bridgehead atoms. The maximum atomic E-state index is 11.9. The Labute approximate surface area is 145 Å². The summed E-state index contributed by atoms with van der Waals surface area (Å²) in [6.07, 6.45) is 4.36. The number of nitrogens with one attached hydrogen (secondary N) is 3. The van der Waals surface area contributed by atoms with Gasteiger partial charge in [-0.15, -0.1) is 11.3 Å². The van der Waals surface area contributed by atoms with Crippen molar-refractivity contribution in [3.05, 3.63) is 29.2 Å². The topological polar surface area (TPSA) is 91.8 Å². The zero-order valence-corrected chi connectivity index (χ0v) is 14.5. The van der Waals surface area contributed by atoms with E-state index < -0.39 is 0 Å². The summed E-state index contributed by atoms with van der Waals surface area (Å²) in [7, 11) is 0. The van der Waals surface area contributed by atoms with Crippen molar-refractivity contribution >= 4 is 28.2 Å². The maximum Gasteiger partial charge on any atom is 0.227 e. The maximum absolute atomic E-state index is 11.9. The van der Waals surface area contributed by atoms with E-state index in [0.29, 0.717) is 24.0 Å². The molecular weight excluding hydrogens is 324 g/mol. The summed E-state index contributed by atoms with van der Waals surface area (Å²) in [5, 5.41) is 11.9. The highest BCUT2D eigenvalue weighted by atomic mass is 32.1. The van der Waals surface area contributed by atoms with Crippen LogP contribution in [0.15, 0.2) is 17.6 Å². The van der Waals surface area contributed by atoms with Gasteiger partial charge in [0.1, 0.15) is 11.6 Å². The number of rotatable bonds is 6. The smallest absolute Gasteiger partial charge is 0.227 e. The van der Waals surface area contributed by atoms with Gasteiger partial charge < -0.3 is 16.0 Å². The Morgan fingerprint density at radius 1 is 1.46 bits per heavy atom. The molecule has 1 amide bonds. The van der Waals surface area contributed by atoms with Gasteiger partial charge in [0, 0.05) is 43.1 Å². The Bertz CT molecular complexity index is 669. The lowest BCUT2D eigenvalue weighted by Gasteiger charge is -2.22. The SMILES string of the molecule is Cc1nc(NCCC(=O)Nc2nccs2)cc([C@@H]2CCCNC2)n1. The lowest BCUT2D eigenvalue weighted by Crippen LogP contribution is -2.29. The number of nitrogens with zero attached hydrogens (tertiary/aromatic N) is 3. The number of amides is 1. The van der Waals surface area contributed by atoms with E-state index in [1.165, 1.54) is 17.8 Å². The van der Waals surface area contributed by atoms with Crippen LogP contribution in [0.1, 0.15) is 36.7 Å². The van der Waals surface area contributed by atoms with E-state index in [1.807, 2.05) is 18.4 Å². The second-order valence-corrected chi connectivity index (χ2v) is 6.73.